The topological polar surface area (TPSA) is 20.2 Å². The molecule has 1 aromatic carbocycles. The molecule has 0 amide bonds. The number of hydrogen-bond donors (Lipinski definition) is 1. The minimum absolute atomic E-state index is 0. The molecule has 0 saturated carbocycles. The molecule has 0 heterocycles. The zero-order chi connectivity index (χ0) is 6.85. The van der Waals surface area contributed by atoms with E-state index >= 15 is 0 Å². The van der Waals surface area contributed by atoms with E-state index in [2.05, 4.69) is 0 Å². The van der Waals surface area contributed by atoms with Crippen LogP contribution in [0.4, 0.5) is 0 Å². The number of phenols is 1. The minimum atomic E-state index is 0. The quantitative estimate of drug-likeness (QED) is 0.548. The van der Waals surface area contributed by atoms with E-state index in [1.165, 1.54) is 5.56 Å². The number of aryl methyl sites for hydroxylation is 2. The van der Waals surface area contributed by atoms with Crippen LogP contribution in [-0.2, 0) is 0 Å². The zero-order valence-corrected chi connectivity index (χ0v) is 5.68. The van der Waals surface area contributed by atoms with E-state index in [0.29, 0.717) is 5.75 Å². The maximum absolute atomic E-state index is 8.94. The Kier molecular flexibility index (Phi) is 4.02. The fourth-order valence-electron chi connectivity index (χ4n) is 0.726. The second kappa shape index (κ2) is 4.02. The SMILES string of the molecule is Cc1ccc(O)cc1C.[NaH]. The van der Waals surface area contributed by atoms with E-state index in [1.54, 1.807) is 12.1 Å². The molecule has 0 saturated heterocycles. The van der Waals surface area contributed by atoms with Crippen LogP contribution in [-0.4, -0.2) is 34.7 Å². The van der Waals surface area contributed by atoms with Gasteiger partial charge >= 0.3 is 29.6 Å². The van der Waals surface area contributed by atoms with Crippen molar-refractivity contribution in [3.63, 3.8) is 0 Å². The van der Waals surface area contributed by atoms with Gasteiger partial charge in [0.1, 0.15) is 5.75 Å². The van der Waals surface area contributed by atoms with Gasteiger partial charge in [-0.15, -0.1) is 0 Å². The number of rotatable bonds is 0. The van der Waals surface area contributed by atoms with Crippen LogP contribution in [0.3, 0.4) is 0 Å². The van der Waals surface area contributed by atoms with Crippen LogP contribution in [0, 0.1) is 13.8 Å². The third-order valence-corrected chi connectivity index (χ3v) is 1.49. The van der Waals surface area contributed by atoms with Gasteiger partial charge in [-0.1, -0.05) is 6.07 Å². The van der Waals surface area contributed by atoms with Crippen molar-refractivity contribution in [3.05, 3.63) is 29.3 Å². The van der Waals surface area contributed by atoms with Crippen molar-refractivity contribution in [2.45, 2.75) is 13.8 Å². The Hall–Kier alpha value is 0.0200. The van der Waals surface area contributed by atoms with Crippen molar-refractivity contribution < 1.29 is 5.11 Å². The maximum atomic E-state index is 8.94. The number of phenolic OH excluding ortho intramolecular Hbond substituents is 1. The van der Waals surface area contributed by atoms with E-state index < -0.39 is 0 Å². The van der Waals surface area contributed by atoms with Crippen molar-refractivity contribution in [1.82, 2.24) is 0 Å². The van der Waals surface area contributed by atoms with E-state index in [-0.39, 0.29) is 29.6 Å². The summed E-state index contributed by atoms with van der Waals surface area (Å²) in [5.41, 5.74) is 2.35. The molecule has 10 heavy (non-hydrogen) atoms. The molecule has 50 valence electrons. The van der Waals surface area contributed by atoms with Gasteiger partial charge in [-0.3, -0.25) is 0 Å². The van der Waals surface area contributed by atoms with E-state index in [9.17, 15) is 0 Å². The van der Waals surface area contributed by atoms with Crippen LogP contribution in [0.1, 0.15) is 11.1 Å². The second-order valence-corrected chi connectivity index (χ2v) is 2.27. The molecule has 1 N–H and O–H groups in total. The predicted octanol–water partition coefficient (Wildman–Crippen LogP) is 1.36. The number of benzene rings is 1. The molecule has 0 aliphatic rings. The second-order valence-electron chi connectivity index (χ2n) is 2.27. The van der Waals surface area contributed by atoms with E-state index in [4.69, 9.17) is 5.11 Å². The summed E-state index contributed by atoms with van der Waals surface area (Å²) in [6, 6.07) is 5.36. The first kappa shape index (κ1) is 10.0. The summed E-state index contributed by atoms with van der Waals surface area (Å²) in [6.45, 7) is 4.00. The van der Waals surface area contributed by atoms with Gasteiger partial charge in [-0.2, -0.15) is 0 Å². The standard InChI is InChI=1S/C8H10O.Na.H/c1-6-3-4-8(9)5-7(6)2;;/h3-5,9H,1-2H3;;. The Bertz CT molecular complexity index is 220. The van der Waals surface area contributed by atoms with Gasteiger partial charge in [0.2, 0.25) is 0 Å². The van der Waals surface area contributed by atoms with Crippen LogP contribution in [0.5, 0.6) is 5.75 Å². The van der Waals surface area contributed by atoms with Gasteiger partial charge in [0, 0.05) is 0 Å². The molecule has 0 radical (unpaired) electrons. The van der Waals surface area contributed by atoms with Crippen molar-refractivity contribution in [1.29, 1.82) is 0 Å². The summed E-state index contributed by atoms with van der Waals surface area (Å²) in [5.74, 6) is 0.345. The zero-order valence-electron chi connectivity index (χ0n) is 5.68. The van der Waals surface area contributed by atoms with Crippen LogP contribution < -0.4 is 0 Å². The molecular formula is C8H11NaO. The third kappa shape index (κ3) is 2.33. The molecule has 2 heteroatoms. The molecule has 0 aromatic heterocycles. The molecular weight excluding hydrogens is 135 g/mol. The van der Waals surface area contributed by atoms with Crippen molar-refractivity contribution in [3.8, 4) is 5.75 Å². The normalized spacial score (nSPS) is 8.60. The van der Waals surface area contributed by atoms with Crippen molar-refractivity contribution >= 4 is 29.6 Å². The van der Waals surface area contributed by atoms with Crippen LogP contribution in [0.15, 0.2) is 18.2 Å². The first-order valence-corrected chi connectivity index (χ1v) is 2.96. The molecule has 0 atom stereocenters. The summed E-state index contributed by atoms with van der Waals surface area (Å²) in [6.07, 6.45) is 0. The molecule has 0 aliphatic carbocycles. The van der Waals surface area contributed by atoms with Crippen molar-refractivity contribution in [2.75, 3.05) is 0 Å². The van der Waals surface area contributed by atoms with Gasteiger partial charge in [-0.05, 0) is 37.1 Å². The third-order valence-electron chi connectivity index (χ3n) is 1.49. The average Bonchev–Trinajstić information content (AvgIpc) is 1.80. The fraction of sp³-hybridized carbons (Fsp3) is 0.250. The Morgan fingerprint density at radius 2 is 1.70 bits per heavy atom. The predicted molar refractivity (Wildman–Crippen MR) is 44.7 cm³/mol. The fourth-order valence-corrected chi connectivity index (χ4v) is 0.726. The average molecular weight is 146 g/mol. The molecule has 0 aliphatic heterocycles. The molecule has 1 rings (SSSR count). The van der Waals surface area contributed by atoms with Crippen LogP contribution in [0.2, 0.25) is 0 Å². The number of aromatic hydroxyl groups is 1. The van der Waals surface area contributed by atoms with Crippen LogP contribution in [0.25, 0.3) is 0 Å². The van der Waals surface area contributed by atoms with Crippen molar-refractivity contribution in [2.24, 2.45) is 0 Å². The van der Waals surface area contributed by atoms with Gasteiger partial charge in [0.05, 0.1) is 0 Å². The molecule has 1 aromatic rings. The Labute approximate surface area is 83.4 Å². The molecule has 0 fully saturated rings. The molecule has 0 unspecified atom stereocenters. The summed E-state index contributed by atoms with van der Waals surface area (Å²) >= 11 is 0. The molecule has 0 bridgehead atoms. The van der Waals surface area contributed by atoms with Gasteiger partial charge in [0.15, 0.2) is 0 Å². The Morgan fingerprint density at radius 1 is 1.10 bits per heavy atom. The molecule has 0 spiro atoms. The van der Waals surface area contributed by atoms with Gasteiger partial charge in [0.25, 0.3) is 0 Å². The van der Waals surface area contributed by atoms with E-state index in [1.807, 2.05) is 19.9 Å². The summed E-state index contributed by atoms with van der Waals surface area (Å²) in [5, 5.41) is 8.94. The van der Waals surface area contributed by atoms with E-state index in [0.717, 1.165) is 5.56 Å². The summed E-state index contributed by atoms with van der Waals surface area (Å²) in [7, 11) is 0. The monoisotopic (exact) mass is 146 g/mol. The first-order chi connectivity index (χ1) is 4.20. The summed E-state index contributed by atoms with van der Waals surface area (Å²) in [4.78, 5) is 0. The van der Waals surface area contributed by atoms with Gasteiger partial charge in [-0.25, -0.2) is 0 Å². The Balaban J connectivity index is 0.000000810. The van der Waals surface area contributed by atoms with Crippen LogP contribution >= 0.6 is 0 Å². The summed E-state index contributed by atoms with van der Waals surface area (Å²) < 4.78 is 0. The molecule has 1 nitrogen and oxygen atoms in total. The Morgan fingerprint density at radius 3 is 2.10 bits per heavy atom. The first-order valence-electron chi connectivity index (χ1n) is 2.96. The number of hydrogen-bond acceptors (Lipinski definition) is 1. The van der Waals surface area contributed by atoms with Gasteiger partial charge < -0.3 is 5.11 Å².